The molecule has 1 atom stereocenters. The van der Waals surface area contributed by atoms with Crippen LogP contribution in [0, 0.1) is 19.3 Å². The van der Waals surface area contributed by atoms with E-state index in [0.29, 0.717) is 18.1 Å². The van der Waals surface area contributed by atoms with Crippen LogP contribution in [-0.2, 0) is 36.6 Å². The Kier molecular flexibility index (Phi) is 7.44. The zero-order chi connectivity index (χ0) is 22.7. The maximum absolute atomic E-state index is 12.5. The molecule has 9 nitrogen and oxygen atoms in total. The van der Waals surface area contributed by atoms with Crippen molar-refractivity contribution >= 4 is 11.9 Å². The fraction of sp³-hybridized carbons (Fsp3) is 0.667. The SMILES string of the molecule is COC(=O)C1(C(=O)OC)Cc2c(C)nc(OCCNC(O)OC(C)(C)C)c(C)c2C1. The van der Waals surface area contributed by atoms with Crippen LogP contribution in [-0.4, -0.2) is 61.4 Å². The second kappa shape index (κ2) is 9.28. The Hall–Kier alpha value is -2.23. The zero-order valence-corrected chi connectivity index (χ0v) is 18.7. The number of aryl methyl sites for hydroxylation is 1. The number of nitrogens with zero attached hydrogens (tertiary/aromatic N) is 1. The predicted octanol–water partition coefficient (Wildman–Crippen LogP) is 1.19. The van der Waals surface area contributed by atoms with Gasteiger partial charge in [-0.3, -0.25) is 14.9 Å². The summed E-state index contributed by atoms with van der Waals surface area (Å²) in [6.07, 6.45) is -0.756. The number of hydrogen-bond acceptors (Lipinski definition) is 9. The van der Waals surface area contributed by atoms with Gasteiger partial charge < -0.3 is 24.1 Å². The van der Waals surface area contributed by atoms with Crippen molar-refractivity contribution in [2.24, 2.45) is 5.41 Å². The Balaban J connectivity index is 2.13. The van der Waals surface area contributed by atoms with E-state index in [1.165, 1.54) is 14.2 Å². The first-order valence-corrected chi connectivity index (χ1v) is 9.83. The molecule has 0 spiro atoms. The largest absolute Gasteiger partial charge is 0.476 e. The molecule has 1 aliphatic rings. The number of carbonyl (C=O) groups is 2. The van der Waals surface area contributed by atoms with Crippen molar-refractivity contribution in [1.29, 1.82) is 0 Å². The number of pyridine rings is 1. The van der Waals surface area contributed by atoms with Gasteiger partial charge in [-0.15, -0.1) is 0 Å². The van der Waals surface area contributed by atoms with Crippen LogP contribution < -0.4 is 10.1 Å². The molecule has 0 radical (unpaired) electrons. The van der Waals surface area contributed by atoms with Gasteiger partial charge >= 0.3 is 11.9 Å². The van der Waals surface area contributed by atoms with Gasteiger partial charge in [0.25, 0.3) is 0 Å². The first-order valence-electron chi connectivity index (χ1n) is 9.83. The van der Waals surface area contributed by atoms with Crippen LogP contribution in [0.15, 0.2) is 0 Å². The minimum Gasteiger partial charge on any atom is -0.476 e. The average Bonchev–Trinajstić information content (AvgIpc) is 3.09. The van der Waals surface area contributed by atoms with E-state index in [9.17, 15) is 14.7 Å². The minimum absolute atomic E-state index is 0.170. The highest BCUT2D eigenvalue weighted by Crippen LogP contribution is 2.43. The third-order valence-electron chi connectivity index (χ3n) is 5.08. The third-order valence-corrected chi connectivity index (χ3v) is 5.08. The van der Waals surface area contributed by atoms with Gasteiger partial charge in [0.15, 0.2) is 5.41 Å². The van der Waals surface area contributed by atoms with Gasteiger partial charge in [-0.1, -0.05) is 0 Å². The molecule has 0 saturated carbocycles. The van der Waals surface area contributed by atoms with E-state index in [1.54, 1.807) is 0 Å². The van der Waals surface area contributed by atoms with Gasteiger partial charge in [0.05, 0.1) is 19.8 Å². The first-order chi connectivity index (χ1) is 13.9. The molecule has 2 rings (SSSR count). The summed E-state index contributed by atoms with van der Waals surface area (Å²) in [7, 11) is 2.51. The number of carbonyl (C=O) groups excluding carboxylic acids is 2. The smallest absolute Gasteiger partial charge is 0.323 e. The molecular formula is C21H32N2O7. The molecule has 1 unspecified atom stereocenters. The number of aliphatic hydroxyl groups is 1. The van der Waals surface area contributed by atoms with Gasteiger partial charge in [0.1, 0.15) is 6.61 Å². The summed E-state index contributed by atoms with van der Waals surface area (Å²) in [4.78, 5) is 29.4. The van der Waals surface area contributed by atoms with Crippen molar-refractivity contribution in [3.63, 3.8) is 0 Å². The molecule has 1 aliphatic carbocycles. The van der Waals surface area contributed by atoms with Crippen molar-refractivity contribution in [3.8, 4) is 5.88 Å². The summed E-state index contributed by atoms with van der Waals surface area (Å²) < 4.78 is 21.0. The second-order valence-corrected chi connectivity index (χ2v) is 8.39. The fourth-order valence-electron chi connectivity index (χ4n) is 3.63. The Morgan fingerprint density at radius 2 is 1.70 bits per heavy atom. The number of nitrogens with one attached hydrogen (secondary N) is 1. The molecule has 1 aromatic heterocycles. The van der Waals surface area contributed by atoms with Crippen LogP contribution >= 0.6 is 0 Å². The maximum atomic E-state index is 12.5. The monoisotopic (exact) mass is 424 g/mol. The summed E-state index contributed by atoms with van der Waals surface area (Å²) in [5, 5.41) is 12.6. The van der Waals surface area contributed by atoms with Crippen molar-refractivity contribution in [3.05, 3.63) is 22.4 Å². The molecule has 0 saturated heterocycles. The van der Waals surface area contributed by atoms with Gasteiger partial charge in [0.2, 0.25) is 12.3 Å². The van der Waals surface area contributed by atoms with E-state index in [0.717, 1.165) is 16.7 Å². The van der Waals surface area contributed by atoms with Gasteiger partial charge in [-0.2, -0.15) is 0 Å². The van der Waals surface area contributed by atoms with E-state index in [1.807, 2.05) is 34.6 Å². The number of rotatable bonds is 8. The molecule has 30 heavy (non-hydrogen) atoms. The average molecular weight is 424 g/mol. The molecular weight excluding hydrogens is 392 g/mol. The quantitative estimate of drug-likeness (QED) is 0.275. The molecule has 168 valence electrons. The molecule has 9 heteroatoms. The summed E-state index contributed by atoms with van der Waals surface area (Å²) in [5.41, 5.74) is 1.24. The lowest BCUT2D eigenvalue weighted by Crippen LogP contribution is -2.42. The Morgan fingerprint density at radius 1 is 1.13 bits per heavy atom. The maximum Gasteiger partial charge on any atom is 0.323 e. The molecule has 0 bridgehead atoms. The van der Waals surface area contributed by atoms with Gasteiger partial charge in [-0.05, 0) is 45.7 Å². The molecule has 2 N–H and O–H groups in total. The number of aromatic nitrogens is 1. The number of fused-ring (bicyclic) bond motifs is 1. The molecule has 0 amide bonds. The van der Waals surface area contributed by atoms with Crippen LogP contribution in [0.2, 0.25) is 0 Å². The van der Waals surface area contributed by atoms with E-state index in [2.05, 4.69) is 10.3 Å². The van der Waals surface area contributed by atoms with Crippen LogP contribution in [0.4, 0.5) is 0 Å². The van der Waals surface area contributed by atoms with E-state index >= 15 is 0 Å². The van der Waals surface area contributed by atoms with E-state index in [4.69, 9.17) is 18.9 Å². The van der Waals surface area contributed by atoms with Crippen LogP contribution in [0.1, 0.15) is 43.2 Å². The first kappa shape index (κ1) is 24.0. The number of esters is 2. The van der Waals surface area contributed by atoms with Gasteiger partial charge in [0, 0.05) is 30.6 Å². The third kappa shape index (κ3) is 5.08. The van der Waals surface area contributed by atoms with Gasteiger partial charge in [-0.25, -0.2) is 4.98 Å². The highest BCUT2D eigenvalue weighted by Gasteiger charge is 2.53. The number of methoxy groups -OCH3 is 2. The Labute approximate surface area is 177 Å². The van der Waals surface area contributed by atoms with E-state index in [-0.39, 0.29) is 19.4 Å². The van der Waals surface area contributed by atoms with Crippen LogP contribution in [0.3, 0.4) is 0 Å². The summed E-state index contributed by atoms with van der Waals surface area (Å²) in [6.45, 7) is 9.77. The lowest BCUT2D eigenvalue weighted by Gasteiger charge is -2.24. The van der Waals surface area contributed by atoms with Crippen molar-refractivity contribution in [2.45, 2.75) is 59.5 Å². The Morgan fingerprint density at radius 3 is 2.23 bits per heavy atom. The fourth-order valence-corrected chi connectivity index (χ4v) is 3.63. The second-order valence-electron chi connectivity index (χ2n) is 8.39. The summed E-state index contributed by atoms with van der Waals surface area (Å²) in [6, 6.07) is 0. The lowest BCUT2D eigenvalue weighted by atomic mass is 9.84. The normalized spacial score (nSPS) is 16.0. The standard InChI is InChI=1S/C21H32N2O7/c1-12-14-10-21(17(24)27-6,18(25)28-7)11-15(14)13(2)23-16(12)29-9-8-22-19(26)30-20(3,4)5/h19,22,26H,8-11H2,1-7H3. The van der Waals surface area contributed by atoms with Crippen LogP contribution in [0.5, 0.6) is 5.88 Å². The molecule has 0 aromatic carbocycles. The Bertz CT molecular complexity index is 786. The van der Waals surface area contributed by atoms with Crippen molar-refractivity contribution in [1.82, 2.24) is 10.3 Å². The molecule has 0 aliphatic heterocycles. The van der Waals surface area contributed by atoms with E-state index < -0.39 is 29.4 Å². The highest BCUT2D eigenvalue weighted by atomic mass is 16.6. The summed E-state index contributed by atoms with van der Waals surface area (Å²) in [5.74, 6) is -0.822. The minimum atomic E-state index is -1.41. The number of hydrogen-bond donors (Lipinski definition) is 2. The number of aliphatic hydroxyl groups excluding tert-OH is 1. The molecule has 1 heterocycles. The topological polar surface area (TPSA) is 116 Å². The number of ether oxygens (including phenoxy) is 4. The van der Waals surface area contributed by atoms with Crippen molar-refractivity contribution < 1.29 is 33.6 Å². The predicted molar refractivity (Wildman–Crippen MR) is 108 cm³/mol. The lowest BCUT2D eigenvalue weighted by molar-refractivity contribution is -0.181. The highest BCUT2D eigenvalue weighted by molar-refractivity contribution is 6.01. The van der Waals surface area contributed by atoms with Crippen LogP contribution in [0.25, 0.3) is 0 Å². The zero-order valence-electron chi connectivity index (χ0n) is 18.7. The van der Waals surface area contributed by atoms with Crippen molar-refractivity contribution in [2.75, 3.05) is 27.4 Å². The molecule has 0 fully saturated rings. The summed E-state index contributed by atoms with van der Waals surface area (Å²) >= 11 is 0. The molecule has 1 aromatic rings.